The number of nitrogen functional groups attached to an aromatic ring is 1. The quantitative estimate of drug-likeness (QED) is 0.760. The molecule has 1 heterocycles. The zero-order chi connectivity index (χ0) is 11.8. The van der Waals surface area contributed by atoms with Crippen molar-refractivity contribution < 1.29 is 4.39 Å². The lowest BCUT2D eigenvalue weighted by Crippen LogP contribution is -2.14. The highest BCUT2D eigenvalue weighted by molar-refractivity contribution is 5.71. The molecule has 0 unspecified atom stereocenters. The molecule has 86 valence electrons. The molecule has 0 spiro atoms. The van der Waals surface area contributed by atoms with Crippen LogP contribution in [0.5, 0.6) is 0 Å². The van der Waals surface area contributed by atoms with Gasteiger partial charge in [-0.05, 0) is 36.2 Å². The predicted octanol–water partition coefficient (Wildman–Crippen LogP) is 3.10. The van der Waals surface area contributed by atoms with Gasteiger partial charge in [0.05, 0.1) is 5.69 Å². The molecule has 0 bridgehead atoms. The monoisotopic (exact) mass is 228 g/mol. The molecule has 1 aliphatic heterocycles. The summed E-state index contributed by atoms with van der Waals surface area (Å²) < 4.78 is 13.9. The van der Waals surface area contributed by atoms with E-state index in [-0.39, 0.29) is 5.82 Å². The Hall–Kier alpha value is -2.03. The molecule has 0 atom stereocenters. The van der Waals surface area contributed by atoms with Crippen molar-refractivity contribution in [1.82, 2.24) is 0 Å². The maximum Gasteiger partial charge on any atom is 0.148 e. The van der Waals surface area contributed by atoms with Gasteiger partial charge in [-0.25, -0.2) is 4.39 Å². The highest BCUT2D eigenvalue weighted by atomic mass is 19.1. The predicted molar refractivity (Wildman–Crippen MR) is 68.0 cm³/mol. The summed E-state index contributed by atoms with van der Waals surface area (Å²) in [5.41, 5.74) is 8.98. The zero-order valence-electron chi connectivity index (χ0n) is 9.36. The summed E-state index contributed by atoms with van der Waals surface area (Å²) >= 11 is 0. The molecule has 0 aliphatic carbocycles. The van der Waals surface area contributed by atoms with Gasteiger partial charge in [0.15, 0.2) is 0 Å². The van der Waals surface area contributed by atoms with Gasteiger partial charge >= 0.3 is 0 Å². The maximum absolute atomic E-state index is 13.9. The van der Waals surface area contributed by atoms with Crippen molar-refractivity contribution >= 4 is 17.1 Å². The molecular weight excluding hydrogens is 215 g/mol. The van der Waals surface area contributed by atoms with Crippen molar-refractivity contribution in [1.29, 1.82) is 0 Å². The standard InChI is InChI=1S/C14H13FN2/c15-12-9-11(16)5-6-14(12)17-8-7-10-3-1-2-4-13(10)17/h1-6,9H,7-8,16H2. The van der Waals surface area contributed by atoms with E-state index in [0.717, 1.165) is 18.7 Å². The van der Waals surface area contributed by atoms with Gasteiger partial charge in [0.1, 0.15) is 5.82 Å². The minimum absolute atomic E-state index is 0.262. The third kappa shape index (κ3) is 1.64. The number of hydrogen-bond donors (Lipinski definition) is 1. The fourth-order valence-electron chi connectivity index (χ4n) is 2.33. The molecule has 2 aromatic rings. The number of anilines is 3. The Morgan fingerprint density at radius 2 is 1.88 bits per heavy atom. The lowest BCUT2D eigenvalue weighted by molar-refractivity contribution is 0.626. The summed E-state index contributed by atoms with van der Waals surface area (Å²) in [6, 6.07) is 13.0. The SMILES string of the molecule is Nc1ccc(N2CCc3ccccc32)c(F)c1. The van der Waals surface area contributed by atoms with Gasteiger partial charge in [-0.15, -0.1) is 0 Å². The number of para-hydroxylation sites is 1. The largest absolute Gasteiger partial charge is 0.399 e. The van der Waals surface area contributed by atoms with Crippen LogP contribution >= 0.6 is 0 Å². The average molecular weight is 228 g/mol. The first-order valence-corrected chi connectivity index (χ1v) is 5.66. The Kier molecular flexibility index (Phi) is 2.25. The van der Waals surface area contributed by atoms with Crippen LogP contribution in [0.1, 0.15) is 5.56 Å². The van der Waals surface area contributed by atoms with E-state index in [1.54, 1.807) is 12.1 Å². The Morgan fingerprint density at radius 3 is 2.71 bits per heavy atom. The molecule has 0 radical (unpaired) electrons. The van der Waals surface area contributed by atoms with E-state index < -0.39 is 0 Å². The highest BCUT2D eigenvalue weighted by Gasteiger charge is 2.21. The molecule has 2 nitrogen and oxygen atoms in total. The Labute approximate surface area is 99.5 Å². The molecule has 0 amide bonds. The van der Waals surface area contributed by atoms with Crippen LogP contribution in [0.15, 0.2) is 42.5 Å². The third-order valence-electron chi connectivity index (χ3n) is 3.15. The Bertz CT molecular complexity index is 566. The first-order chi connectivity index (χ1) is 8.25. The second-order valence-electron chi connectivity index (χ2n) is 4.24. The minimum atomic E-state index is -0.262. The van der Waals surface area contributed by atoms with E-state index in [2.05, 4.69) is 6.07 Å². The number of benzene rings is 2. The lowest BCUT2D eigenvalue weighted by Gasteiger charge is -2.20. The smallest absolute Gasteiger partial charge is 0.148 e. The summed E-state index contributed by atoms with van der Waals surface area (Å²) in [7, 11) is 0. The van der Waals surface area contributed by atoms with Crippen LogP contribution in [0.2, 0.25) is 0 Å². The van der Waals surface area contributed by atoms with E-state index in [9.17, 15) is 4.39 Å². The van der Waals surface area contributed by atoms with Gasteiger partial charge in [-0.1, -0.05) is 18.2 Å². The number of hydrogen-bond acceptors (Lipinski definition) is 2. The fraction of sp³-hybridized carbons (Fsp3) is 0.143. The number of rotatable bonds is 1. The van der Waals surface area contributed by atoms with Crippen LogP contribution in [-0.2, 0) is 6.42 Å². The van der Waals surface area contributed by atoms with Crippen LogP contribution in [0, 0.1) is 5.82 Å². The van der Waals surface area contributed by atoms with Gasteiger partial charge in [0.2, 0.25) is 0 Å². The summed E-state index contributed by atoms with van der Waals surface area (Å²) in [6.07, 6.45) is 0.958. The second-order valence-corrected chi connectivity index (χ2v) is 4.24. The molecule has 2 aromatic carbocycles. The first-order valence-electron chi connectivity index (χ1n) is 5.66. The molecule has 0 aromatic heterocycles. The van der Waals surface area contributed by atoms with Crippen molar-refractivity contribution in [2.45, 2.75) is 6.42 Å². The average Bonchev–Trinajstić information content (AvgIpc) is 2.73. The normalized spacial score (nSPS) is 13.8. The minimum Gasteiger partial charge on any atom is -0.399 e. The van der Waals surface area contributed by atoms with Crippen molar-refractivity contribution in [3.05, 3.63) is 53.8 Å². The van der Waals surface area contributed by atoms with Crippen LogP contribution in [0.4, 0.5) is 21.5 Å². The van der Waals surface area contributed by atoms with Crippen LogP contribution < -0.4 is 10.6 Å². The van der Waals surface area contributed by atoms with E-state index in [4.69, 9.17) is 5.73 Å². The van der Waals surface area contributed by atoms with E-state index in [0.29, 0.717) is 11.4 Å². The molecule has 3 rings (SSSR count). The van der Waals surface area contributed by atoms with Crippen molar-refractivity contribution in [3.8, 4) is 0 Å². The van der Waals surface area contributed by atoms with Crippen molar-refractivity contribution in [2.75, 3.05) is 17.2 Å². The molecule has 17 heavy (non-hydrogen) atoms. The fourth-order valence-corrected chi connectivity index (χ4v) is 2.33. The highest BCUT2D eigenvalue weighted by Crippen LogP contribution is 2.35. The summed E-state index contributed by atoms with van der Waals surface area (Å²) in [6.45, 7) is 0.820. The Balaban J connectivity index is 2.07. The molecule has 0 fully saturated rings. The van der Waals surface area contributed by atoms with Crippen LogP contribution in [0.25, 0.3) is 0 Å². The summed E-state index contributed by atoms with van der Waals surface area (Å²) in [5, 5.41) is 0. The number of nitrogens with two attached hydrogens (primary N) is 1. The molecule has 1 aliphatic rings. The van der Waals surface area contributed by atoms with Gasteiger partial charge in [0, 0.05) is 17.9 Å². The number of halogens is 1. The third-order valence-corrected chi connectivity index (χ3v) is 3.15. The van der Waals surface area contributed by atoms with Crippen molar-refractivity contribution in [2.24, 2.45) is 0 Å². The topological polar surface area (TPSA) is 29.3 Å². The van der Waals surface area contributed by atoms with Crippen LogP contribution in [0.3, 0.4) is 0 Å². The second kappa shape index (κ2) is 3.77. The van der Waals surface area contributed by atoms with E-state index in [1.807, 2.05) is 23.1 Å². The summed E-state index contributed by atoms with van der Waals surface area (Å²) in [4.78, 5) is 2.00. The lowest BCUT2D eigenvalue weighted by atomic mass is 10.2. The van der Waals surface area contributed by atoms with Crippen molar-refractivity contribution in [3.63, 3.8) is 0 Å². The van der Waals surface area contributed by atoms with Gasteiger partial charge in [-0.2, -0.15) is 0 Å². The number of nitrogens with zero attached hydrogens (tertiary/aromatic N) is 1. The molecule has 0 saturated heterocycles. The van der Waals surface area contributed by atoms with Gasteiger partial charge in [-0.3, -0.25) is 0 Å². The molecule has 0 saturated carbocycles. The molecular formula is C14H13FN2. The molecule has 3 heteroatoms. The number of fused-ring (bicyclic) bond motifs is 1. The van der Waals surface area contributed by atoms with Gasteiger partial charge in [0.25, 0.3) is 0 Å². The summed E-state index contributed by atoms with van der Waals surface area (Å²) in [5.74, 6) is -0.262. The van der Waals surface area contributed by atoms with Crippen LogP contribution in [-0.4, -0.2) is 6.54 Å². The van der Waals surface area contributed by atoms with E-state index in [1.165, 1.54) is 11.6 Å². The maximum atomic E-state index is 13.9. The first kappa shape index (κ1) is 10.1. The van der Waals surface area contributed by atoms with Gasteiger partial charge < -0.3 is 10.6 Å². The zero-order valence-corrected chi connectivity index (χ0v) is 9.36. The Morgan fingerprint density at radius 1 is 1.06 bits per heavy atom. The molecule has 2 N–H and O–H groups in total. The van der Waals surface area contributed by atoms with E-state index >= 15 is 0 Å².